The minimum Gasteiger partial charge on any atom is -0.497 e. The normalized spacial score (nSPS) is 10.4. The van der Waals surface area contributed by atoms with Gasteiger partial charge in [0.15, 0.2) is 0 Å². The van der Waals surface area contributed by atoms with Crippen LogP contribution in [0.2, 0.25) is 0 Å². The van der Waals surface area contributed by atoms with E-state index in [9.17, 15) is 4.79 Å². The number of methoxy groups -OCH3 is 1. The molecule has 5 heteroatoms. The van der Waals surface area contributed by atoms with Crippen molar-refractivity contribution < 1.29 is 14.3 Å². The van der Waals surface area contributed by atoms with Gasteiger partial charge in [-0.1, -0.05) is 15.9 Å². The molecule has 0 radical (unpaired) electrons. The highest BCUT2D eigenvalue weighted by Crippen LogP contribution is 2.29. The third-order valence-electron chi connectivity index (χ3n) is 2.50. The Bertz CT molecular complexity index is 598. The van der Waals surface area contributed by atoms with Gasteiger partial charge in [0.2, 0.25) is 0 Å². The van der Waals surface area contributed by atoms with Crippen LogP contribution >= 0.6 is 15.9 Å². The Balaban J connectivity index is 2.70. The first-order valence-electron chi connectivity index (χ1n) is 5.46. The number of halogens is 1. The fourth-order valence-electron chi connectivity index (χ4n) is 1.68. The van der Waals surface area contributed by atoms with Gasteiger partial charge < -0.3 is 9.47 Å². The number of ether oxygens (including phenoxy) is 2. The molecule has 2 rings (SSSR count). The van der Waals surface area contributed by atoms with Crippen LogP contribution in [0.5, 0.6) is 5.75 Å². The van der Waals surface area contributed by atoms with Gasteiger partial charge in [0.05, 0.1) is 24.8 Å². The molecule has 18 heavy (non-hydrogen) atoms. The van der Waals surface area contributed by atoms with E-state index < -0.39 is 5.97 Å². The third-order valence-corrected chi connectivity index (χ3v) is 3.19. The molecule has 2 aromatic rings. The molecule has 0 aliphatic rings. The summed E-state index contributed by atoms with van der Waals surface area (Å²) in [6.07, 6.45) is 1.64. The average molecular weight is 310 g/mol. The maximum atomic E-state index is 11.9. The highest BCUT2D eigenvalue weighted by Gasteiger charge is 2.15. The van der Waals surface area contributed by atoms with E-state index in [0.29, 0.717) is 23.4 Å². The lowest BCUT2D eigenvalue weighted by Crippen LogP contribution is -2.06. The first-order chi connectivity index (χ1) is 8.67. The molecule has 0 aliphatic carbocycles. The van der Waals surface area contributed by atoms with E-state index >= 15 is 0 Å². The summed E-state index contributed by atoms with van der Waals surface area (Å²) < 4.78 is 11.1. The van der Waals surface area contributed by atoms with Gasteiger partial charge in [-0.3, -0.25) is 4.98 Å². The molecule has 0 amide bonds. The van der Waals surface area contributed by atoms with Crippen molar-refractivity contribution >= 4 is 32.8 Å². The number of carbonyl (C=O) groups is 1. The van der Waals surface area contributed by atoms with Gasteiger partial charge >= 0.3 is 5.97 Å². The average Bonchev–Trinajstić information content (AvgIpc) is 2.38. The topological polar surface area (TPSA) is 48.4 Å². The lowest BCUT2D eigenvalue weighted by molar-refractivity contribution is 0.0528. The summed E-state index contributed by atoms with van der Waals surface area (Å²) in [7, 11) is 1.56. The number of carbonyl (C=O) groups excluding carboxylic acids is 1. The molecule has 4 nitrogen and oxygen atoms in total. The van der Waals surface area contributed by atoms with Crippen LogP contribution in [-0.4, -0.2) is 24.7 Å². The van der Waals surface area contributed by atoms with Crippen LogP contribution in [0, 0.1) is 0 Å². The second-order valence-electron chi connectivity index (χ2n) is 3.58. The van der Waals surface area contributed by atoms with Gasteiger partial charge in [-0.15, -0.1) is 0 Å². The fraction of sp³-hybridized carbons (Fsp3) is 0.231. The van der Waals surface area contributed by atoms with Crippen molar-refractivity contribution in [3.05, 3.63) is 34.4 Å². The van der Waals surface area contributed by atoms with Gasteiger partial charge in [0, 0.05) is 16.1 Å². The molecule has 0 fully saturated rings. The first-order valence-corrected chi connectivity index (χ1v) is 6.26. The minimum absolute atomic E-state index is 0.325. The molecule has 0 unspecified atom stereocenters. The molecule has 0 aliphatic heterocycles. The summed E-state index contributed by atoms with van der Waals surface area (Å²) in [5, 5.41) is 0.819. The second-order valence-corrected chi connectivity index (χ2v) is 4.44. The van der Waals surface area contributed by atoms with Gasteiger partial charge in [-0.2, -0.15) is 0 Å². The van der Waals surface area contributed by atoms with Crippen molar-refractivity contribution in [2.45, 2.75) is 6.92 Å². The summed E-state index contributed by atoms with van der Waals surface area (Å²) in [5.74, 6) is 0.200. The maximum Gasteiger partial charge on any atom is 0.340 e. The number of esters is 1. The third kappa shape index (κ3) is 2.31. The molecule has 1 heterocycles. The van der Waals surface area contributed by atoms with Crippen LogP contribution in [0.25, 0.3) is 10.9 Å². The van der Waals surface area contributed by atoms with E-state index in [-0.39, 0.29) is 0 Å². The number of hydrogen-bond donors (Lipinski definition) is 0. The number of hydrogen-bond acceptors (Lipinski definition) is 4. The van der Waals surface area contributed by atoms with Crippen LogP contribution in [0.1, 0.15) is 17.3 Å². The van der Waals surface area contributed by atoms with Gasteiger partial charge in [-0.05, 0) is 25.1 Å². The number of aromatic nitrogens is 1. The summed E-state index contributed by atoms with van der Waals surface area (Å²) in [4.78, 5) is 16.1. The van der Waals surface area contributed by atoms with Crippen LogP contribution in [0.3, 0.4) is 0 Å². The molecule has 0 bridgehead atoms. The Morgan fingerprint density at radius 2 is 2.22 bits per heavy atom. The summed E-state index contributed by atoms with van der Waals surface area (Å²) in [6, 6.07) is 5.28. The standard InChI is InChI=1S/C13H12BrNO3/c1-3-18-13(16)10-7-8(17-2)6-9-11(14)4-5-15-12(9)10/h4-7H,3H2,1-2H3. The SMILES string of the molecule is CCOC(=O)c1cc(OC)cc2c(Br)ccnc12. The zero-order chi connectivity index (χ0) is 13.1. The number of benzene rings is 1. The van der Waals surface area contributed by atoms with E-state index in [4.69, 9.17) is 9.47 Å². The van der Waals surface area contributed by atoms with E-state index in [1.165, 1.54) is 0 Å². The Labute approximate surface area is 113 Å². The van der Waals surface area contributed by atoms with Gasteiger partial charge in [0.1, 0.15) is 5.75 Å². The molecular formula is C13H12BrNO3. The maximum absolute atomic E-state index is 11.9. The van der Waals surface area contributed by atoms with Crippen molar-refractivity contribution in [1.29, 1.82) is 0 Å². The summed E-state index contributed by atoms with van der Waals surface area (Å²) in [6.45, 7) is 2.09. The minimum atomic E-state index is -0.396. The number of fused-ring (bicyclic) bond motifs is 1. The fourth-order valence-corrected chi connectivity index (χ4v) is 2.10. The van der Waals surface area contributed by atoms with Crippen molar-refractivity contribution in [2.75, 3.05) is 13.7 Å². The Morgan fingerprint density at radius 3 is 2.89 bits per heavy atom. The second kappa shape index (κ2) is 5.35. The summed E-state index contributed by atoms with van der Waals surface area (Å²) in [5.41, 5.74) is 1.01. The quantitative estimate of drug-likeness (QED) is 0.817. The van der Waals surface area contributed by atoms with Crippen LogP contribution in [0.15, 0.2) is 28.9 Å². The molecular weight excluding hydrogens is 298 g/mol. The number of pyridine rings is 1. The van der Waals surface area contributed by atoms with E-state index in [0.717, 1.165) is 9.86 Å². The van der Waals surface area contributed by atoms with E-state index in [1.54, 1.807) is 26.3 Å². The molecule has 0 saturated heterocycles. The van der Waals surface area contributed by atoms with Crippen molar-refractivity contribution in [3.8, 4) is 5.75 Å². The van der Waals surface area contributed by atoms with E-state index in [2.05, 4.69) is 20.9 Å². The van der Waals surface area contributed by atoms with Gasteiger partial charge in [0.25, 0.3) is 0 Å². The monoisotopic (exact) mass is 309 g/mol. The predicted molar refractivity (Wildman–Crippen MR) is 72.0 cm³/mol. The zero-order valence-electron chi connectivity index (χ0n) is 10.1. The predicted octanol–water partition coefficient (Wildman–Crippen LogP) is 3.18. The lowest BCUT2D eigenvalue weighted by Gasteiger charge is -2.09. The number of rotatable bonds is 3. The highest BCUT2D eigenvalue weighted by molar-refractivity contribution is 9.10. The van der Waals surface area contributed by atoms with Crippen LogP contribution < -0.4 is 4.74 Å². The molecule has 0 atom stereocenters. The smallest absolute Gasteiger partial charge is 0.340 e. The Morgan fingerprint density at radius 1 is 1.44 bits per heavy atom. The van der Waals surface area contributed by atoms with Crippen molar-refractivity contribution in [1.82, 2.24) is 4.98 Å². The Kier molecular flexibility index (Phi) is 3.81. The van der Waals surface area contributed by atoms with Crippen LogP contribution in [0.4, 0.5) is 0 Å². The lowest BCUT2D eigenvalue weighted by atomic mass is 10.1. The van der Waals surface area contributed by atoms with Crippen molar-refractivity contribution in [2.24, 2.45) is 0 Å². The van der Waals surface area contributed by atoms with Crippen molar-refractivity contribution in [3.63, 3.8) is 0 Å². The molecule has 1 aromatic carbocycles. The zero-order valence-corrected chi connectivity index (χ0v) is 11.7. The number of nitrogens with zero attached hydrogens (tertiary/aromatic N) is 1. The summed E-state index contributed by atoms with van der Waals surface area (Å²) >= 11 is 3.43. The molecule has 1 aromatic heterocycles. The van der Waals surface area contributed by atoms with Gasteiger partial charge in [-0.25, -0.2) is 4.79 Å². The molecule has 0 spiro atoms. The largest absolute Gasteiger partial charge is 0.497 e. The molecule has 94 valence electrons. The molecule has 0 saturated carbocycles. The Hall–Kier alpha value is -1.62. The van der Waals surface area contributed by atoms with Crippen LogP contribution in [-0.2, 0) is 4.74 Å². The molecule has 0 N–H and O–H groups in total. The first kappa shape index (κ1) is 12.8. The highest BCUT2D eigenvalue weighted by atomic mass is 79.9. The van der Waals surface area contributed by atoms with E-state index in [1.807, 2.05) is 12.1 Å².